The van der Waals surface area contributed by atoms with Crippen molar-refractivity contribution in [3.05, 3.63) is 33.8 Å². The average Bonchev–Trinajstić information content (AvgIpc) is 2.53. The molecule has 0 saturated heterocycles. The zero-order chi connectivity index (χ0) is 19.0. The lowest BCUT2D eigenvalue weighted by Crippen LogP contribution is -2.53. The Morgan fingerprint density at radius 1 is 1.24 bits per heavy atom. The van der Waals surface area contributed by atoms with E-state index in [1.54, 1.807) is 12.1 Å². The molecule has 0 unspecified atom stereocenters. The number of nitrogens with one attached hydrogen (secondary N) is 2. The van der Waals surface area contributed by atoms with Gasteiger partial charge in [-0.2, -0.15) is 12.6 Å². The summed E-state index contributed by atoms with van der Waals surface area (Å²) < 4.78 is 0. The van der Waals surface area contributed by atoms with Crippen molar-refractivity contribution in [1.29, 1.82) is 0 Å². The summed E-state index contributed by atoms with van der Waals surface area (Å²) in [6, 6.07) is 3.86. The van der Waals surface area contributed by atoms with Crippen LogP contribution in [0, 0.1) is 5.92 Å². The van der Waals surface area contributed by atoms with Crippen LogP contribution in [-0.4, -0.2) is 36.2 Å². The molecule has 1 aromatic rings. The smallest absolute Gasteiger partial charge is 0.243 e. The Bertz CT molecular complexity index is 599. The number of halogens is 2. The Labute approximate surface area is 164 Å². The highest BCUT2D eigenvalue weighted by Gasteiger charge is 2.22. The van der Waals surface area contributed by atoms with Gasteiger partial charge in [0, 0.05) is 22.3 Å². The zero-order valence-corrected chi connectivity index (χ0v) is 16.8. The molecule has 0 fully saturated rings. The van der Waals surface area contributed by atoms with Crippen molar-refractivity contribution in [2.75, 3.05) is 12.3 Å². The van der Waals surface area contributed by atoms with Crippen molar-refractivity contribution < 1.29 is 9.59 Å². The van der Waals surface area contributed by atoms with Crippen molar-refractivity contribution in [2.24, 2.45) is 11.7 Å². The van der Waals surface area contributed by atoms with E-state index >= 15 is 0 Å². The molecule has 2 amide bonds. The largest absolute Gasteiger partial charge is 0.354 e. The summed E-state index contributed by atoms with van der Waals surface area (Å²) in [4.78, 5) is 24.3. The minimum atomic E-state index is -0.727. The fraction of sp³-hybridized carbons (Fsp3) is 0.529. The van der Waals surface area contributed by atoms with Gasteiger partial charge in [-0.15, -0.1) is 0 Å². The van der Waals surface area contributed by atoms with Crippen molar-refractivity contribution in [1.82, 2.24) is 10.6 Å². The molecule has 0 heterocycles. The fourth-order valence-electron chi connectivity index (χ4n) is 2.26. The topological polar surface area (TPSA) is 84.2 Å². The van der Waals surface area contributed by atoms with E-state index in [1.165, 1.54) is 0 Å². The monoisotopic (exact) mass is 405 g/mol. The minimum absolute atomic E-state index is 0.188. The van der Waals surface area contributed by atoms with Gasteiger partial charge in [-0.05, 0) is 36.5 Å². The van der Waals surface area contributed by atoms with Crippen LogP contribution in [0.1, 0.15) is 25.8 Å². The molecule has 0 aliphatic rings. The number of amides is 2. The Morgan fingerprint density at radius 2 is 1.92 bits per heavy atom. The quantitative estimate of drug-likeness (QED) is 0.476. The van der Waals surface area contributed by atoms with Gasteiger partial charge in [-0.25, -0.2) is 0 Å². The average molecular weight is 406 g/mol. The molecule has 1 aromatic carbocycles. The van der Waals surface area contributed by atoms with E-state index in [1.807, 2.05) is 19.9 Å². The second-order valence-corrected chi connectivity index (χ2v) is 7.47. The van der Waals surface area contributed by atoms with Gasteiger partial charge >= 0.3 is 0 Å². The number of benzene rings is 1. The highest BCUT2D eigenvalue weighted by Crippen LogP contribution is 2.21. The molecule has 0 radical (unpaired) electrons. The van der Waals surface area contributed by atoms with Crippen molar-refractivity contribution in [3.63, 3.8) is 0 Å². The number of rotatable bonds is 9. The van der Waals surface area contributed by atoms with Gasteiger partial charge in [-0.1, -0.05) is 43.1 Å². The molecule has 140 valence electrons. The number of hydrogen-bond donors (Lipinski definition) is 4. The van der Waals surface area contributed by atoms with Gasteiger partial charge in [-0.3, -0.25) is 9.59 Å². The molecule has 0 aromatic heterocycles. The molecule has 4 N–H and O–H groups in total. The van der Waals surface area contributed by atoms with Crippen LogP contribution in [0.3, 0.4) is 0 Å². The lowest BCUT2D eigenvalue weighted by molar-refractivity contribution is -0.129. The Balaban J connectivity index is 2.49. The van der Waals surface area contributed by atoms with E-state index < -0.39 is 12.1 Å². The maximum absolute atomic E-state index is 12.2. The van der Waals surface area contributed by atoms with Gasteiger partial charge in [0.05, 0.1) is 6.04 Å². The third kappa shape index (κ3) is 7.86. The standard InChI is InChI=1S/C17H25Cl2N3O2S/c1-10(2)7-14(20)16(23)22-15(9-25)17(24)21-6-5-11-3-4-12(18)8-13(11)19/h3-4,8,10,14-15,25H,5-7,9,20H2,1-2H3,(H,21,24)(H,22,23)/t14-,15-/m0/s1. The van der Waals surface area contributed by atoms with E-state index in [0.717, 1.165) is 5.56 Å². The maximum atomic E-state index is 12.2. The molecule has 5 nitrogen and oxygen atoms in total. The molecule has 2 atom stereocenters. The van der Waals surface area contributed by atoms with Crippen molar-refractivity contribution in [2.45, 2.75) is 38.8 Å². The van der Waals surface area contributed by atoms with Crippen LogP contribution < -0.4 is 16.4 Å². The lowest BCUT2D eigenvalue weighted by atomic mass is 10.0. The molecule has 0 bridgehead atoms. The van der Waals surface area contributed by atoms with Crippen LogP contribution in [0.2, 0.25) is 10.0 Å². The van der Waals surface area contributed by atoms with Crippen LogP contribution >= 0.6 is 35.8 Å². The van der Waals surface area contributed by atoms with Crippen LogP contribution in [0.15, 0.2) is 18.2 Å². The summed E-state index contributed by atoms with van der Waals surface area (Å²) in [6.45, 7) is 4.36. The summed E-state index contributed by atoms with van der Waals surface area (Å²) in [6.07, 6.45) is 1.11. The van der Waals surface area contributed by atoms with Crippen molar-refractivity contribution >= 4 is 47.6 Å². The number of hydrogen-bond acceptors (Lipinski definition) is 4. The van der Waals surface area contributed by atoms with E-state index in [0.29, 0.717) is 35.3 Å². The Hall–Kier alpha value is -0.950. The van der Waals surface area contributed by atoms with Crippen molar-refractivity contribution in [3.8, 4) is 0 Å². The molecule has 0 saturated carbocycles. The number of carbonyl (C=O) groups is 2. The van der Waals surface area contributed by atoms with E-state index in [2.05, 4.69) is 23.3 Å². The second-order valence-electron chi connectivity index (χ2n) is 6.26. The second kappa shape index (κ2) is 10.9. The van der Waals surface area contributed by atoms with Crippen LogP contribution in [0.25, 0.3) is 0 Å². The zero-order valence-electron chi connectivity index (χ0n) is 14.4. The van der Waals surface area contributed by atoms with E-state index in [-0.39, 0.29) is 17.6 Å². The minimum Gasteiger partial charge on any atom is -0.354 e. The van der Waals surface area contributed by atoms with Gasteiger partial charge in [0.1, 0.15) is 6.04 Å². The molecule has 0 aliphatic heterocycles. The number of nitrogens with two attached hydrogens (primary N) is 1. The van der Waals surface area contributed by atoms with Gasteiger partial charge in [0.15, 0.2) is 0 Å². The van der Waals surface area contributed by atoms with E-state index in [9.17, 15) is 9.59 Å². The fourth-order valence-corrected chi connectivity index (χ4v) is 3.02. The van der Waals surface area contributed by atoms with Gasteiger partial charge in [0.2, 0.25) is 11.8 Å². The van der Waals surface area contributed by atoms with E-state index in [4.69, 9.17) is 28.9 Å². The first-order valence-electron chi connectivity index (χ1n) is 8.13. The summed E-state index contributed by atoms with van der Waals surface area (Å²) >= 11 is 16.1. The summed E-state index contributed by atoms with van der Waals surface area (Å²) in [5.41, 5.74) is 6.72. The first-order chi connectivity index (χ1) is 11.7. The van der Waals surface area contributed by atoms with Crippen LogP contribution in [0.5, 0.6) is 0 Å². The molecule has 0 aliphatic carbocycles. The Morgan fingerprint density at radius 3 is 2.48 bits per heavy atom. The highest BCUT2D eigenvalue weighted by atomic mass is 35.5. The normalized spacial score (nSPS) is 13.4. The molecular formula is C17H25Cl2N3O2S. The first-order valence-corrected chi connectivity index (χ1v) is 9.51. The molecule has 0 spiro atoms. The molecule has 25 heavy (non-hydrogen) atoms. The predicted molar refractivity (Wildman–Crippen MR) is 106 cm³/mol. The lowest BCUT2D eigenvalue weighted by Gasteiger charge is -2.20. The summed E-state index contributed by atoms with van der Waals surface area (Å²) in [5, 5.41) is 6.54. The first kappa shape index (κ1) is 22.1. The van der Waals surface area contributed by atoms with Gasteiger partial charge in [0.25, 0.3) is 0 Å². The Kier molecular flexibility index (Phi) is 9.64. The van der Waals surface area contributed by atoms with Gasteiger partial charge < -0.3 is 16.4 Å². The maximum Gasteiger partial charge on any atom is 0.243 e. The van der Waals surface area contributed by atoms with Crippen LogP contribution in [0.4, 0.5) is 0 Å². The van der Waals surface area contributed by atoms with Crippen LogP contribution in [-0.2, 0) is 16.0 Å². The summed E-state index contributed by atoms with van der Waals surface area (Å²) in [7, 11) is 0. The highest BCUT2D eigenvalue weighted by molar-refractivity contribution is 7.80. The molecule has 8 heteroatoms. The molecule has 1 rings (SSSR count). The number of carbonyl (C=O) groups excluding carboxylic acids is 2. The number of thiol groups is 1. The molecular weight excluding hydrogens is 381 g/mol. The summed E-state index contributed by atoms with van der Waals surface area (Å²) in [5.74, 6) is -0.157. The predicted octanol–water partition coefficient (Wildman–Crippen LogP) is 2.44. The SMILES string of the molecule is CC(C)C[C@H](N)C(=O)N[C@@H](CS)C(=O)NCCc1ccc(Cl)cc1Cl. The third-order valence-electron chi connectivity index (χ3n) is 3.59. The third-order valence-corrected chi connectivity index (χ3v) is 4.54.